The normalized spacial score (nSPS) is 14.6. The SMILES string of the molecule is Oc1ccc(O)c(Cc2cc(C3CCCCC3)cc(Cc3cc(O)ccc3O)c2O)c1. The topological polar surface area (TPSA) is 101 Å². The van der Waals surface area contributed by atoms with Crippen molar-refractivity contribution in [2.75, 3.05) is 0 Å². The van der Waals surface area contributed by atoms with Gasteiger partial charge in [-0.3, -0.25) is 0 Å². The second-order valence-electron chi connectivity index (χ2n) is 8.50. The van der Waals surface area contributed by atoms with Crippen LogP contribution in [0.5, 0.6) is 28.7 Å². The fourth-order valence-electron chi connectivity index (χ4n) is 4.57. The highest BCUT2D eigenvalue weighted by molar-refractivity contribution is 5.52. The first-order valence-electron chi connectivity index (χ1n) is 10.8. The summed E-state index contributed by atoms with van der Waals surface area (Å²) >= 11 is 0. The molecule has 0 saturated heterocycles. The van der Waals surface area contributed by atoms with Crippen molar-refractivity contribution in [2.24, 2.45) is 0 Å². The summed E-state index contributed by atoms with van der Waals surface area (Å²) in [4.78, 5) is 0. The minimum absolute atomic E-state index is 0.0561. The largest absolute Gasteiger partial charge is 0.508 e. The van der Waals surface area contributed by atoms with Crippen LogP contribution in [0.3, 0.4) is 0 Å². The molecule has 5 N–H and O–H groups in total. The fraction of sp³-hybridized carbons (Fsp3) is 0.308. The monoisotopic (exact) mass is 420 g/mol. The molecule has 5 nitrogen and oxygen atoms in total. The Morgan fingerprint density at radius 2 is 1.06 bits per heavy atom. The molecule has 0 atom stereocenters. The Labute approximate surface area is 181 Å². The van der Waals surface area contributed by atoms with E-state index in [-0.39, 0.29) is 41.6 Å². The molecule has 0 aliphatic heterocycles. The highest BCUT2D eigenvalue weighted by atomic mass is 16.3. The van der Waals surface area contributed by atoms with E-state index in [9.17, 15) is 25.5 Å². The first-order chi connectivity index (χ1) is 14.9. The third kappa shape index (κ3) is 4.71. The van der Waals surface area contributed by atoms with Crippen LogP contribution in [-0.2, 0) is 12.8 Å². The summed E-state index contributed by atoms with van der Waals surface area (Å²) in [6.07, 6.45) is 6.32. The summed E-state index contributed by atoms with van der Waals surface area (Å²) < 4.78 is 0. The molecule has 0 spiro atoms. The van der Waals surface area contributed by atoms with Gasteiger partial charge in [-0.15, -0.1) is 0 Å². The van der Waals surface area contributed by atoms with Crippen molar-refractivity contribution in [3.8, 4) is 28.7 Å². The van der Waals surface area contributed by atoms with Crippen molar-refractivity contribution >= 4 is 0 Å². The molecule has 1 fully saturated rings. The number of phenols is 5. The van der Waals surface area contributed by atoms with Crippen LogP contribution < -0.4 is 0 Å². The quantitative estimate of drug-likeness (QED) is 0.354. The summed E-state index contributed by atoms with van der Waals surface area (Å²) in [5, 5.41) is 51.2. The van der Waals surface area contributed by atoms with E-state index >= 15 is 0 Å². The van der Waals surface area contributed by atoms with Crippen LogP contribution in [0.1, 0.15) is 65.8 Å². The smallest absolute Gasteiger partial charge is 0.122 e. The first kappa shape index (κ1) is 20.9. The molecule has 0 unspecified atom stereocenters. The predicted molar refractivity (Wildman–Crippen MR) is 119 cm³/mol. The molecule has 1 saturated carbocycles. The summed E-state index contributed by atoms with van der Waals surface area (Å²) in [6.45, 7) is 0. The Kier molecular flexibility index (Phi) is 5.94. The Bertz CT molecular complexity index is 1010. The van der Waals surface area contributed by atoms with Gasteiger partial charge in [0.2, 0.25) is 0 Å². The second-order valence-corrected chi connectivity index (χ2v) is 8.50. The Hall–Kier alpha value is -3.34. The zero-order chi connectivity index (χ0) is 22.0. The number of hydrogen-bond acceptors (Lipinski definition) is 5. The van der Waals surface area contributed by atoms with Gasteiger partial charge >= 0.3 is 0 Å². The average molecular weight is 421 g/mol. The maximum atomic E-state index is 11.1. The predicted octanol–water partition coefficient (Wildman–Crippen LogP) is 5.44. The summed E-state index contributed by atoms with van der Waals surface area (Å²) in [7, 11) is 0. The van der Waals surface area contributed by atoms with Gasteiger partial charge in [0.05, 0.1) is 0 Å². The molecule has 162 valence electrons. The van der Waals surface area contributed by atoms with E-state index in [0.717, 1.165) is 18.4 Å². The van der Waals surface area contributed by atoms with Crippen molar-refractivity contribution in [1.29, 1.82) is 0 Å². The van der Waals surface area contributed by atoms with E-state index in [0.29, 0.717) is 28.2 Å². The van der Waals surface area contributed by atoms with E-state index in [4.69, 9.17) is 0 Å². The molecular formula is C26H28O5. The maximum Gasteiger partial charge on any atom is 0.122 e. The first-order valence-corrected chi connectivity index (χ1v) is 10.8. The lowest BCUT2D eigenvalue weighted by atomic mass is 9.81. The minimum Gasteiger partial charge on any atom is -0.508 e. The lowest BCUT2D eigenvalue weighted by Gasteiger charge is -2.24. The van der Waals surface area contributed by atoms with Crippen molar-refractivity contribution < 1.29 is 25.5 Å². The maximum absolute atomic E-state index is 11.1. The van der Waals surface area contributed by atoms with Gasteiger partial charge < -0.3 is 25.5 Å². The molecule has 1 aliphatic carbocycles. The van der Waals surface area contributed by atoms with Gasteiger partial charge in [0, 0.05) is 24.0 Å². The molecule has 0 aromatic heterocycles. The van der Waals surface area contributed by atoms with Crippen LogP contribution in [0.2, 0.25) is 0 Å². The zero-order valence-electron chi connectivity index (χ0n) is 17.4. The molecule has 3 aromatic carbocycles. The lowest BCUT2D eigenvalue weighted by molar-refractivity contribution is 0.437. The van der Waals surface area contributed by atoms with Crippen molar-refractivity contribution in [2.45, 2.75) is 50.9 Å². The summed E-state index contributed by atoms with van der Waals surface area (Å²) in [5.41, 5.74) is 3.53. The molecular weight excluding hydrogens is 392 g/mol. The highest BCUT2D eigenvalue weighted by Gasteiger charge is 2.20. The molecule has 1 aliphatic rings. The third-order valence-corrected chi connectivity index (χ3v) is 6.25. The van der Waals surface area contributed by atoms with Crippen molar-refractivity contribution in [3.63, 3.8) is 0 Å². The molecule has 31 heavy (non-hydrogen) atoms. The van der Waals surface area contributed by atoms with Crippen LogP contribution in [0.15, 0.2) is 48.5 Å². The number of hydrogen-bond donors (Lipinski definition) is 5. The van der Waals surface area contributed by atoms with Crippen LogP contribution in [0.4, 0.5) is 0 Å². The van der Waals surface area contributed by atoms with E-state index in [1.807, 2.05) is 12.1 Å². The van der Waals surface area contributed by atoms with Gasteiger partial charge in [-0.1, -0.05) is 31.4 Å². The third-order valence-electron chi connectivity index (χ3n) is 6.25. The van der Waals surface area contributed by atoms with E-state index in [1.165, 1.54) is 55.7 Å². The number of rotatable bonds is 5. The standard InChI is InChI=1S/C26H28O5/c27-22-6-8-24(29)18(14-22)12-20-10-17(16-4-2-1-3-5-16)11-21(26(20)31)13-19-15-23(28)7-9-25(19)30/h6-11,14-16,27-31H,1-5,12-13H2. The summed E-state index contributed by atoms with van der Waals surface area (Å²) in [6, 6.07) is 12.7. The van der Waals surface area contributed by atoms with Gasteiger partial charge in [-0.05, 0) is 71.8 Å². The van der Waals surface area contributed by atoms with Crippen LogP contribution in [0, 0.1) is 0 Å². The van der Waals surface area contributed by atoms with E-state index in [2.05, 4.69) is 0 Å². The van der Waals surface area contributed by atoms with Crippen LogP contribution in [0.25, 0.3) is 0 Å². The van der Waals surface area contributed by atoms with E-state index < -0.39 is 0 Å². The second kappa shape index (κ2) is 8.80. The summed E-state index contributed by atoms with van der Waals surface area (Å²) in [5.74, 6) is 0.744. The van der Waals surface area contributed by atoms with Crippen LogP contribution >= 0.6 is 0 Å². The van der Waals surface area contributed by atoms with Gasteiger partial charge in [0.15, 0.2) is 0 Å². The minimum atomic E-state index is 0.0561. The Morgan fingerprint density at radius 1 is 0.581 bits per heavy atom. The molecule has 0 bridgehead atoms. The molecule has 0 radical (unpaired) electrons. The van der Waals surface area contributed by atoms with Gasteiger partial charge in [-0.25, -0.2) is 0 Å². The zero-order valence-corrected chi connectivity index (χ0v) is 17.4. The number of benzene rings is 3. The van der Waals surface area contributed by atoms with Crippen LogP contribution in [-0.4, -0.2) is 25.5 Å². The average Bonchev–Trinajstić information content (AvgIpc) is 2.76. The molecule has 0 heterocycles. The van der Waals surface area contributed by atoms with Gasteiger partial charge in [-0.2, -0.15) is 0 Å². The fourth-order valence-corrected chi connectivity index (χ4v) is 4.57. The molecule has 4 rings (SSSR count). The van der Waals surface area contributed by atoms with E-state index in [1.54, 1.807) is 0 Å². The molecule has 3 aromatic rings. The number of phenolic OH excluding ortho intramolecular Hbond substituents is 5. The van der Waals surface area contributed by atoms with Crippen molar-refractivity contribution in [3.05, 3.63) is 76.3 Å². The Morgan fingerprint density at radius 3 is 1.55 bits per heavy atom. The molecule has 0 amide bonds. The van der Waals surface area contributed by atoms with Gasteiger partial charge in [0.1, 0.15) is 28.7 Å². The van der Waals surface area contributed by atoms with Crippen molar-refractivity contribution in [1.82, 2.24) is 0 Å². The van der Waals surface area contributed by atoms with Gasteiger partial charge in [0.25, 0.3) is 0 Å². The number of aromatic hydroxyl groups is 5. The Balaban J connectivity index is 1.76. The highest BCUT2D eigenvalue weighted by Crippen LogP contribution is 2.39. The lowest BCUT2D eigenvalue weighted by Crippen LogP contribution is -2.07. The molecule has 5 heteroatoms.